The number of anilines is 1. The van der Waals surface area contributed by atoms with Gasteiger partial charge in [0.05, 0.1) is 13.2 Å². The number of piperazine rings is 1. The number of hydrogen-bond donors (Lipinski definition) is 0. The maximum absolute atomic E-state index is 12.4. The number of rotatable bonds is 2. The Labute approximate surface area is 135 Å². The van der Waals surface area contributed by atoms with E-state index < -0.39 is 0 Å². The van der Waals surface area contributed by atoms with E-state index in [4.69, 9.17) is 4.74 Å². The molecule has 0 saturated carbocycles. The van der Waals surface area contributed by atoms with Crippen molar-refractivity contribution in [3.8, 4) is 0 Å². The number of carbonyl (C=O) groups is 1. The Bertz CT molecular complexity index is 507. The fraction of sp³-hybridized carbons (Fsp3) is 0.786. The molecule has 1 aromatic rings. The van der Waals surface area contributed by atoms with Gasteiger partial charge in [0.2, 0.25) is 5.13 Å². The summed E-state index contributed by atoms with van der Waals surface area (Å²) in [5.74, 6) is 1.26. The van der Waals surface area contributed by atoms with E-state index in [2.05, 4.69) is 28.1 Å². The smallest absolute Gasteiger partial charge is 0.320 e. The van der Waals surface area contributed by atoms with Gasteiger partial charge in [0.15, 0.2) is 0 Å². The normalized spacial score (nSPS) is 19.9. The first-order chi connectivity index (χ1) is 10.6. The number of carbonyl (C=O) groups excluding carboxylic acids is 1. The minimum atomic E-state index is 0.142. The molecule has 2 amide bonds. The minimum absolute atomic E-state index is 0.142. The molecular formula is C14H23N5O2S. The molecule has 0 unspecified atom stereocenters. The van der Waals surface area contributed by atoms with E-state index >= 15 is 0 Å². The maximum atomic E-state index is 12.4. The van der Waals surface area contributed by atoms with Crippen molar-refractivity contribution in [1.29, 1.82) is 0 Å². The molecule has 2 aliphatic heterocycles. The number of hydrogen-bond acceptors (Lipinski definition) is 6. The van der Waals surface area contributed by atoms with Gasteiger partial charge in [-0.1, -0.05) is 13.8 Å². The third kappa shape index (κ3) is 3.33. The topological polar surface area (TPSA) is 61.8 Å². The van der Waals surface area contributed by atoms with Crippen LogP contribution in [0, 0.1) is 0 Å². The van der Waals surface area contributed by atoms with Gasteiger partial charge in [-0.25, -0.2) is 9.78 Å². The second-order valence-corrected chi connectivity index (χ2v) is 6.68. The first-order valence-corrected chi connectivity index (χ1v) is 8.62. The molecule has 2 fully saturated rings. The van der Waals surface area contributed by atoms with E-state index in [1.807, 2.05) is 9.80 Å². The van der Waals surface area contributed by atoms with Gasteiger partial charge in [0, 0.05) is 56.7 Å². The standard InChI is InChI=1S/C14H23N5O2S/c1-11(2)12-15-13(22-16-12)17-3-5-18(6-4-17)14(20)19-7-9-21-10-8-19/h11H,3-10H2,1-2H3. The molecule has 0 N–H and O–H groups in total. The van der Waals surface area contributed by atoms with Crippen LogP contribution in [0.3, 0.4) is 0 Å². The van der Waals surface area contributed by atoms with Gasteiger partial charge < -0.3 is 19.4 Å². The monoisotopic (exact) mass is 325 g/mol. The lowest BCUT2D eigenvalue weighted by Gasteiger charge is -2.38. The van der Waals surface area contributed by atoms with Crippen molar-refractivity contribution in [2.24, 2.45) is 0 Å². The number of nitrogens with zero attached hydrogens (tertiary/aromatic N) is 5. The lowest BCUT2D eigenvalue weighted by Crippen LogP contribution is -2.54. The zero-order chi connectivity index (χ0) is 15.5. The molecule has 22 heavy (non-hydrogen) atoms. The molecule has 0 spiro atoms. The molecule has 2 saturated heterocycles. The summed E-state index contributed by atoms with van der Waals surface area (Å²) in [6, 6.07) is 0.142. The lowest BCUT2D eigenvalue weighted by atomic mass is 10.2. The quantitative estimate of drug-likeness (QED) is 0.818. The van der Waals surface area contributed by atoms with Gasteiger partial charge >= 0.3 is 6.03 Å². The fourth-order valence-corrected chi connectivity index (χ4v) is 3.49. The van der Waals surface area contributed by atoms with E-state index in [0.717, 1.165) is 37.1 Å². The van der Waals surface area contributed by atoms with Crippen molar-refractivity contribution in [2.45, 2.75) is 19.8 Å². The summed E-state index contributed by atoms with van der Waals surface area (Å²) < 4.78 is 9.70. The van der Waals surface area contributed by atoms with E-state index in [0.29, 0.717) is 32.2 Å². The Kier molecular flexibility index (Phi) is 4.77. The van der Waals surface area contributed by atoms with Crippen LogP contribution < -0.4 is 4.90 Å². The summed E-state index contributed by atoms with van der Waals surface area (Å²) in [4.78, 5) is 23.1. The maximum Gasteiger partial charge on any atom is 0.320 e. The van der Waals surface area contributed by atoms with Gasteiger partial charge in [-0.15, -0.1) is 0 Å². The summed E-state index contributed by atoms with van der Waals surface area (Å²) >= 11 is 1.46. The highest BCUT2D eigenvalue weighted by Crippen LogP contribution is 2.22. The predicted molar refractivity (Wildman–Crippen MR) is 85.6 cm³/mol. The minimum Gasteiger partial charge on any atom is -0.378 e. The van der Waals surface area contributed by atoms with Crippen LogP contribution in [0.2, 0.25) is 0 Å². The number of urea groups is 1. The number of aromatic nitrogens is 2. The zero-order valence-electron chi connectivity index (χ0n) is 13.2. The van der Waals surface area contributed by atoms with Crippen molar-refractivity contribution in [3.63, 3.8) is 0 Å². The van der Waals surface area contributed by atoms with E-state index in [9.17, 15) is 4.79 Å². The number of morpholine rings is 1. The Hall–Kier alpha value is -1.41. The number of amides is 2. The molecule has 0 atom stereocenters. The molecule has 122 valence electrons. The van der Waals surface area contributed by atoms with Crippen LogP contribution >= 0.6 is 11.5 Å². The fourth-order valence-electron chi connectivity index (χ4n) is 2.63. The molecule has 0 aromatic carbocycles. The Morgan fingerprint density at radius 2 is 1.73 bits per heavy atom. The molecule has 0 aliphatic carbocycles. The first kappa shape index (κ1) is 15.5. The second-order valence-electron chi connectivity index (χ2n) is 5.95. The Balaban J connectivity index is 1.54. The Morgan fingerprint density at radius 1 is 1.09 bits per heavy atom. The second kappa shape index (κ2) is 6.78. The van der Waals surface area contributed by atoms with Gasteiger partial charge in [-0.2, -0.15) is 4.37 Å². The van der Waals surface area contributed by atoms with Crippen molar-refractivity contribution in [1.82, 2.24) is 19.2 Å². The van der Waals surface area contributed by atoms with Crippen molar-refractivity contribution >= 4 is 22.7 Å². The van der Waals surface area contributed by atoms with Crippen LogP contribution in [0.15, 0.2) is 0 Å². The van der Waals surface area contributed by atoms with Crippen molar-refractivity contribution in [3.05, 3.63) is 5.82 Å². The highest BCUT2D eigenvalue weighted by molar-refractivity contribution is 7.09. The highest BCUT2D eigenvalue weighted by Gasteiger charge is 2.27. The van der Waals surface area contributed by atoms with Crippen LogP contribution in [0.5, 0.6) is 0 Å². The summed E-state index contributed by atoms with van der Waals surface area (Å²) in [5.41, 5.74) is 0. The third-order valence-corrected chi connectivity index (χ3v) is 4.84. The lowest BCUT2D eigenvalue weighted by molar-refractivity contribution is 0.0428. The highest BCUT2D eigenvalue weighted by atomic mass is 32.1. The molecule has 1 aromatic heterocycles. The molecule has 0 radical (unpaired) electrons. The summed E-state index contributed by atoms with van der Waals surface area (Å²) in [5, 5.41) is 0.974. The summed E-state index contributed by atoms with van der Waals surface area (Å²) in [7, 11) is 0. The molecular weight excluding hydrogens is 302 g/mol. The average Bonchev–Trinajstić information content (AvgIpc) is 3.05. The third-order valence-electron chi connectivity index (χ3n) is 4.05. The van der Waals surface area contributed by atoms with E-state index in [1.54, 1.807) is 0 Å². The summed E-state index contributed by atoms with van der Waals surface area (Å²) in [6.45, 7) is 10.0. The van der Waals surface area contributed by atoms with Crippen molar-refractivity contribution < 1.29 is 9.53 Å². The molecule has 3 rings (SSSR count). The largest absolute Gasteiger partial charge is 0.378 e. The molecule has 7 nitrogen and oxygen atoms in total. The SMILES string of the molecule is CC(C)c1nsc(N2CCN(C(=O)N3CCOCC3)CC2)n1. The van der Waals surface area contributed by atoms with E-state index in [-0.39, 0.29) is 6.03 Å². The van der Waals surface area contributed by atoms with Crippen LogP contribution in [0.25, 0.3) is 0 Å². The van der Waals surface area contributed by atoms with Gasteiger partial charge in [0.25, 0.3) is 0 Å². The van der Waals surface area contributed by atoms with Crippen molar-refractivity contribution in [2.75, 3.05) is 57.4 Å². The first-order valence-electron chi connectivity index (χ1n) is 7.85. The number of ether oxygens (including phenoxy) is 1. The summed E-state index contributed by atoms with van der Waals surface area (Å²) in [6.07, 6.45) is 0. The molecule has 2 aliphatic rings. The van der Waals surface area contributed by atoms with Gasteiger partial charge in [-0.3, -0.25) is 0 Å². The Morgan fingerprint density at radius 3 is 2.32 bits per heavy atom. The average molecular weight is 325 g/mol. The zero-order valence-corrected chi connectivity index (χ0v) is 14.0. The van der Waals surface area contributed by atoms with Crippen LogP contribution in [0.1, 0.15) is 25.6 Å². The molecule has 3 heterocycles. The molecule has 0 bridgehead atoms. The van der Waals surface area contributed by atoms with E-state index in [1.165, 1.54) is 11.5 Å². The van der Waals surface area contributed by atoms with Crippen LogP contribution in [-0.2, 0) is 4.74 Å². The van der Waals surface area contributed by atoms with Crippen LogP contribution in [0.4, 0.5) is 9.93 Å². The molecule has 8 heteroatoms. The van der Waals surface area contributed by atoms with Crippen LogP contribution in [-0.4, -0.2) is 77.7 Å². The van der Waals surface area contributed by atoms with Gasteiger partial charge in [0.1, 0.15) is 5.82 Å². The predicted octanol–water partition coefficient (Wildman–Crippen LogP) is 1.24. The van der Waals surface area contributed by atoms with Gasteiger partial charge in [-0.05, 0) is 0 Å².